The molecule has 0 bridgehead atoms. The van der Waals surface area contributed by atoms with Crippen molar-refractivity contribution in [3.63, 3.8) is 0 Å². The Kier molecular flexibility index (Phi) is 3.13. The van der Waals surface area contributed by atoms with Crippen LogP contribution in [0.5, 0.6) is 5.75 Å². The summed E-state index contributed by atoms with van der Waals surface area (Å²) in [5.74, 6) is 0.772. The molecule has 6 nitrogen and oxygen atoms in total. The average Bonchev–Trinajstić information content (AvgIpc) is 2.94. The van der Waals surface area contributed by atoms with Gasteiger partial charge in [-0.25, -0.2) is 4.63 Å². The molecule has 6 heteroatoms. The van der Waals surface area contributed by atoms with Gasteiger partial charge in [0.2, 0.25) is 0 Å². The van der Waals surface area contributed by atoms with Crippen LogP contribution in [-0.2, 0) is 0 Å². The number of benzene rings is 1. The van der Waals surface area contributed by atoms with Crippen LogP contribution in [0.3, 0.4) is 0 Å². The van der Waals surface area contributed by atoms with Crippen molar-refractivity contribution in [2.45, 2.75) is 50.9 Å². The molecule has 22 heavy (non-hydrogen) atoms. The van der Waals surface area contributed by atoms with Crippen molar-refractivity contribution in [3.8, 4) is 5.75 Å². The number of hydrogen-bond donors (Lipinski definition) is 1. The number of likely N-dealkylation sites (tertiary alicyclic amines) is 1. The molecule has 4 rings (SSSR count). The first-order valence-corrected chi connectivity index (χ1v) is 7.93. The summed E-state index contributed by atoms with van der Waals surface area (Å²) in [6, 6.07) is 3.74. The molecule has 2 aliphatic heterocycles. The van der Waals surface area contributed by atoms with Gasteiger partial charge in [-0.3, -0.25) is 4.90 Å². The van der Waals surface area contributed by atoms with Gasteiger partial charge in [-0.1, -0.05) is 6.42 Å². The Morgan fingerprint density at radius 2 is 1.82 bits per heavy atom. The maximum Gasteiger partial charge on any atom is 0.138 e. The SMILES string of the molecule is CC1(C)Oc2cc3nonc3cc2C(N2CCCCC2)C1O. The lowest BCUT2D eigenvalue weighted by Gasteiger charge is -2.47. The first-order valence-electron chi connectivity index (χ1n) is 7.93. The van der Waals surface area contributed by atoms with Crippen molar-refractivity contribution in [1.29, 1.82) is 0 Å². The summed E-state index contributed by atoms with van der Waals surface area (Å²) in [5, 5.41) is 18.7. The molecular formula is C16H21N3O3. The third-order valence-electron chi connectivity index (χ3n) is 4.87. The summed E-state index contributed by atoms with van der Waals surface area (Å²) in [4.78, 5) is 2.37. The Morgan fingerprint density at radius 3 is 2.55 bits per heavy atom. The zero-order valence-corrected chi connectivity index (χ0v) is 13.0. The van der Waals surface area contributed by atoms with Gasteiger partial charge in [0.05, 0.1) is 6.04 Å². The summed E-state index contributed by atoms with van der Waals surface area (Å²) >= 11 is 0. The number of ether oxygens (including phenoxy) is 1. The van der Waals surface area contributed by atoms with Crippen molar-refractivity contribution < 1.29 is 14.5 Å². The monoisotopic (exact) mass is 303 g/mol. The second kappa shape index (κ2) is 4.93. The number of piperidine rings is 1. The van der Waals surface area contributed by atoms with Crippen LogP contribution in [0, 0.1) is 0 Å². The first kappa shape index (κ1) is 14.0. The molecule has 1 aromatic heterocycles. The van der Waals surface area contributed by atoms with Crippen LogP contribution in [0.4, 0.5) is 0 Å². The molecule has 2 aromatic rings. The Morgan fingerprint density at radius 1 is 1.14 bits per heavy atom. The van der Waals surface area contributed by atoms with Crippen LogP contribution < -0.4 is 4.74 Å². The van der Waals surface area contributed by atoms with Gasteiger partial charge in [-0.05, 0) is 56.2 Å². The van der Waals surface area contributed by atoms with Crippen molar-refractivity contribution in [3.05, 3.63) is 17.7 Å². The van der Waals surface area contributed by atoms with Gasteiger partial charge >= 0.3 is 0 Å². The van der Waals surface area contributed by atoms with Gasteiger partial charge in [0.25, 0.3) is 0 Å². The molecule has 0 radical (unpaired) electrons. The van der Waals surface area contributed by atoms with Gasteiger partial charge in [-0.2, -0.15) is 0 Å². The van der Waals surface area contributed by atoms with E-state index in [1.807, 2.05) is 26.0 Å². The van der Waals surface area contributed by atoms with Gasteiger partial charge in [0, 0.05) is 11.6 Å². The molecule has 0 spiro atoms. The summed E-state index contributed by atoms with van der Waals surface area (Å²) in [5.41, 5.74) is 1.73. The van der Waals surface area contributed by atoms with E-state index in [2.05, 4.69) is 15.2 Å². The molecule has 1 fully saturated rings. The zero-order chi connectivity index (χ0) is 15.3. The molecule has 118 valence electrons. The fraction of sp³-hybridized carbons (Fsp3) is 0.625. The minimum absolute atomic E-state index is 0.0693. The lowest BCUT2D eigenvalue weighted by molar-refractivity contribution is -0.0960. The van der Waals surface area contributed by atoms with E-state index < -0.39 is 11.7 Å². The lowest BCUT2D eigenvalue weighted by atomic mass is 9.84. The third-order valence-corrected chi connectivity index (χ3v) is 4.87. The molecule has 0 saturated carbocycles. The van der Waals surface area contributed by atoms with E-state index >= 15 is 0 Å². The molecule has 2 atom stereocenters. The number of aliphatic hydroxyl groups excluding tert-OH is 1. The molecule has 2 aliphatic rings. The number of nitrogens with zero attached hydrogens (tertiary/aromatic N) is 3. The van der Waals surface area contributed by atoms with E-state index in [-0.39, 0.29) is 6.04 Å². The number of fused-ring (bicyclic) bond motifs is 2. The smallest absolute Gasteiger partial charge is 0.138 e. The Hall–Kier alpha value is -1.66. The highest BCUT2D eigenvalue weighted by Crippen LogP contribution is 2.44. The van der Waals surface area contributed by atoms with Crippen LogP contribution in [0.2, 0.25) is 0 Å². The molecule has 0 aliphatic carbocycles. The highest BCUT2D eigenvalue weighted by Gasteiger charge is 2.45. The Bertz CT molecular complexity index is 691. The van der Waals surface area contributed by atoms with Crippen LogP contribution in [0.25, 0.3) is 11.0 Å². The number of rotatable bonds is 1. The van der Waals surface area contributed by atoms with Crippen molar-refractivity contribution >= 4 is 11.0 Å². The molecule has 2 unspecified atom stereocenters. The Labute approximate surface area is 129 Å². The fourth-order valence-corrected chi connectivity index (χ4v) is 3.63. The van der Waals surface area contributed by atoms with E-state index in [1.54, 1.807) is 0 Å². The quantitative estimate of drug-likeness (QED) is 0.871. The first-order chi connectivity index (χ1) is 10.6. The minimum Gasteiger partial charge on any atom is -0.485 e. The van der Waals surface area contributed by atoms with E-state index in [0.29, 0.717) is 11.0 Å². The van der Waals surface area contributed by atoms with Gasteiger partial charge in [0.1, 0.15) is 28.5 Å². The van der Waals surface area contributed by atoms with Crippen LogP contribution in [-0.4, -0.2) is 45.1 Å². The standard InChI is InChI=1S/C16H21N3O3/c1-16(2)15(20)14(19-6-4-3-5-7-19)10-8-11-12(18-22-17-11)9-13(10)21-16/h8-9,14-15,20H,3-7H2,1-2H3. The molecule has 1 aromatic carbocycles. The van der Waals surface area contributed by atoms with Gasteiger partial charge in [-0.15, -0.1) is 0 Å². The third kappa shape index (κ3) is 2.09. The summed E-state index contributed by atoms with van der Waals surface area (Å²) in [6.45, 7) is 5.88. The van der Waals surface area contributed by atoms with E-state index in [1.165, 1.54) is 19.3 Å². The Balaban J connectivity index is 1.84. The molecule has 0 amide bonds. The summed E-state index contributed by atoms with van der Waals surface area (Å²) < 4.78 is 10.9. The average molecular weight is 303 g/mol. The highest BCUT2D eigenvalue weighted by molar-refractivity contribution is 5.77. The van der Waals surface area contributed by atoms with Gasteiger partial charge in [0.15, 0.2) is 0 Å². The van der Waals surface area contributed by atoms with Crippen LogP contribution in [0.15, 0.2) is 16.8 Å². The van der Waals surface area contributed by atoms with Crippen LogP contribution >= 0.6 is 0 Å². The number of hydrogen-bond acceptors (Lipinski definition) is 6. The number of aliphatic hydroxyl groups is 1. The summed E-state index contributed by atoms with van der Waals surface area (Å²) in [6.07, 6.45) is 3.02. The zero-order valence-electron chi connectivity index (χ0n) is 13.0. The van der Waals surface area contributed by atoms with E-state index in [9.17, 15) is 5.11 Å². The molecular weight excluding hydrogens is 282 g/mol. The van der Waals surface area contributed by atoms with Crippen molar-refractivity contribution in [1.82, 2.24) is 15.2 Å². The van der Waals surface area contributed by atoms with Crippen LogP contribution in [0.1, 0.15) is 44.7 Å². The molecule has 3 heterocycles. The molecule has 1 saturated heterocycles. The maximum absolute atomic E-state index is 10.9. The summed E-state index contributed by atoms with van der Waals surface area (Å²) in [7, 11) is 0. The van der Waals surface area contributed by atoms with Crippen molar-refractivity contribution in [2.75, 3.05) is 13.1 Å². The highest BCUT2D eigenvalue weighted by atomic mass is 16.6. The van der Waals surface area contributed by atoms with Gasteiger partial charge < -0.3 is 9.84 Å². The predicted octanol–water partition coefficient (Wildman–Crippen LogP) is 2.28. The minimum atomic E-state index is -0.639. The second-order valence-corrected chi connectivity index (χ2v) is 6.83. The normalized spacial score (nSPS) is 28.3. The maximum atomic E-state index is 10.9. The second-order valence-electron chi connectivity index (χ2n) is 6.83. The largest absolute Gasteiger partial charge is 0.485 e. The predicted molar refractivity (Wildman–Crippen MR) is 80.7 cm³/mol. The van der Waals surface area contributed by atoms with E-state index in [0.717, 1.165) is 24.4 Å². The van der Waals surface area contributed by atoms with E-state index in [4.69, 9.17) is 9.37 Å². The topological polar surface area (TPSA) is 71.6 Å². The lowest BCUT2D eigenvalue weighted by Crippen LogP contribution is -2.54. The number of aromatic nitrogens is 2. The fourth-order valence-electron chi connectivity index (χ4n) is 3.63. The molecule has 1 N–H and O–H groups in total. The van der Waals surface area contributed by atoms with Crippen molar-refractivity contribution in [2.24, 2.45) is 0 Å².